The summed E-state index contributed by atoms with van der Waals surface area (Å²) >= 11 is 5.75. The number of carbonyl (C=O) groups is 1. The van der Waals surface area contributed by atoms with Crippen LogP contribution < -0.4 is 4.74 Å². The molecule has 0 saturated carbocycles. The van der Waals surface area contributed by atoms with Gasteiger partial charge < -0.3 is 9.84 Å². The number of carboxylic acid groups (broad SMARTS) is 1. The molecule has 0 bridgehead atoms. The van der Waals surface area contributed by atoms with Crippen molar-refractivity contribution in [3.63, 3.8) is 0 Å². The molecule has 0 amide bonds. The van der Waals surface area contributed by atoms with Crippen molar-refractivity contribution in [1.29, 1.82) is 0 Å². The molecule has 0 fully saturated rings. The third kappa shape index (κ3) is 3.01. The van der Waals surface area contributed by atoms with E-state index in [4.69, 9.17) is 21.4 Å². The zero-order valence-corrected chi connectivity index (χ0v) is 10.6. The molecule has 1 heterocycles. The zero-order valence-electron chi connectivity index (χ0n) is 9.82. The zero-order chi connectivity index (χ0) is 14.7. The molecule has 2 aromatic rings. The number of nitrogens with zero attached hydrogens (tertiary/aromatic N) is 2. The van der Waals surface area contributed by atoms with Crippen molar-refractivity contribution in [2.75, 3.05) is 0 Å². The Bertz CT molecular complexity index is 672. The molecule has 2 rings (SSSR count). The number of hydrogen-bond donors (Lipinski definition) is 1. The lowest BCUT2D eigenvalue weighted by Crippen LogP contribution is -1.98. The van der Waals surface area contributed by atoms with E-state index in [2.05, 4.69) is 4.98 Å². The predicted octanol–water partition coefficient (Wildman–Crippen LogP) is 3.13. The molecule has 8 heteroatoms. The highest BCUT2D eigenvalue weighted by molar-refractivity contribution is 6.30. The topological polar surface area (TPSA) is 103 Å². The van der Waals surface area contributed by atoms with Crippen molar-refractivity contribution < 1.29 is 19.6 Å². The van der Waals surface area contributed by atoms with Crippen LogP contribution in [0.2, 0.25) is 5.02 Å². The lowest BCUT2D eigenvalue weighted by atomic mass is 10.3. The summed E-state index contributed by atoms with van der Waals surface area (Å²) in [4.78, 5) is 24.7. The number of ether oxygens (including phenoxy) is 1. The monoisotopic (exact) mass is 294 g/mol. The van der Waals surface area contributed by atoms with Crippen molar-refractivity contribution in [1.82, 2.24) is 4.98 Å². The Hall–Kier alpha value is -2.67. The number of rotatable bonds is 4. The van der Waals surface area contributed by atoms with Gasteiger partial charge in [0.05, 0.1) is 10.5 Å². The lowest BCUT2D eigenvalue weighted by molar-refractivity contribution is -0.385. The Balaban J connectivity index is 2.31. The van der Waals surface area contributed by atoms with Crippen LogP contribution in [-0.4, -0.2) is 21.0 Å². The SMILES string of the molecule is O=C(O)c1ccc(Oc2cc(Cl)ccc2[N+](=O)[O-])nc1. The predicted molar refractivity (Wildman–Crippen MR) is 69.4 cm³/mol. The summed E-state index contributed by atoms with van der Waals surface area (Å²) in [6.07, 6.45) is 1.09. The van der Waals surface area contributed by atoms with Gasteiger partial charge in [-0.1, -0.05) is 11.6 Å². The van der Waals surface area contributed by atoms with Crippen LogP contribution in [0.4, 0.5) is 5.69 Å². The van der Waals surface area contributed by atoms with Crippen molar-refractivity contribution in [3.8, 4) is 11.6 Å². The highest BCUT2D eigenvalue weighted by Crippen LogP contribution is 2.32. The van der Waals surface area contributed by atoms with Gasteiger partial charge in [0.25, 0.3) is 0 Å². The minimum Gasteiger partial charge on any atom is -0.478 e. The lowest BCUT2D eigenvalue weighted by Gasteiger charge is -2.05. The van der Waals surface area contributed by atoms with Gasteiger partial charge in [-0.05, 0) is 12.1 Å². The molecule has 0 atom stereocenters. The summed E-state index contributed by atoms with van der Waals surface area (Å²) in [6.45, 7) is 0. The summed E-state index contributed by atoms with van der Waals surface area (Å²) in [7, 11) is 0. The van der Waals surface area contributed by atoms with E-state index in [1.807, 2.05) is 0 Å². The van der Waals surface area contributed by atoms with Crippen molar-refractivity contribution in [2.45, 2.75) is 0 Å². The second-order valence-electron chi connectivity index (χ2n) is 3.66. The van der Waals surface area contributed by atoms with Crippen molar-refractivity contribution >= 4 is 23.3 Å². The maximum atomic E-state index is 10.9. The molecule has 0 unspecified atom stereocenters. The van der Waals surface area contributed by atoms with Gasteiger partial charge in [-0.2, -0.15) is 0 Å². The quantitative estimate of drug-likeness (QED) is 0.686. The van der Waals surface area contributed by atoms with E-state index in [1.54, 1.807) is 0 Å². The molecule has 0 aliphatic heterocycles. The largest absolute Gasteiger partial charge is 0.478 e. The molecule has 0 aliphatic carbocycles. The van der Waals surface area contributed by atoms with Gasteiger partial charge in [-0.15, -0.1) is 0 Å². The van der Waals surface area contributed by atoms with E-state index >= 15 is 0 Å². The number of hydrogen-bond acceptors (Lipinski definition) is 5. The van der Waals surface area contributed by atoms with Crippen LogP contribution in [0, 0.1) is 10.1 Å². The average molecular weight is 295 g/mol. The molecule has 1 N–H and O–H groups in total. The van der Waals surface area contributed by atoms with Gasteiger partial charge in [0.15, 0.2) is 0 Å². The first-order chi connectivity index (χ1) is 9.47. The van der Waals surface area contributed by atoms with Crippen LogP contribution in [0.15, 0.2) is 36.5 Å². The smallest absolute Gasteiger partial charge is 0.337 e. The molecule has 0 aliphatic rings. The molecule has 20 heavy (non-hydrogen) atoms. The molecule has 7 nitrogen and oxygen atoms in total. The molecule has 0 spiro atoms. The van der Waals surface area contributed by atoms with Gasteiger partial charge >= 0.3 is 11.7 Å². The second-order valence-corrected chi connectivity index (χ2v) is 4.10. The van der Waals surface area contributed by atoms with Crippen LogP contribution in [-0.2, 0) is 0 Å². The Kier molecular flexibility index (Phi) is 3.81. The molecule has 0 radical (unpaired) electrons. The summed E-state index contributed by atoms with van der Waals surface area (Å²) in [6, 6.07) is 6.44. The Labute approximate surface area is 117 Å². The van der Waals surface area contributed by atoms with Gasteiger partial charge in [0.2, 0.25) is 11.6 Å². The van der Waals surface area contributed by atoms with Crippen LogP contribution in [0.3, 0.4) is 0 Å². The summed E-state index contributed by atoms with van der Waals surface area (Å²) in [5.41, 5.74) is -0.281. The summed E-state index contributed by atoms with van der Waals surface area (Å²) in [5.74, 6) is -1.17. The number of pyridine rings is 1. The maximum Gasteiger partial charge on any atom is 0.337 e. The molecular formula is C12H7ClN2O5. The van der Waals surface area contributed by atoms with Gasteiger partial charge in [0, 0.05) is 29.4 Å². The second kappa shape index (κ2) is 5.54. The van der Waals surface area contributed by atoms with Crippen LogP contribution in [0.25, 0.3) is 0 Å². The van der Waals surface area contributed by atoms with E-state index in [9.17, 15) is 14.9 Å². The highest BCUT2D eigenvalue weighted by atomic mass is 35.5. The van der Waals surface area contributed by atoms with E-state index in [-0.39, 0.29) is 27.9 Å². The number of halogens is 1. The Morgan fingerprint density at radius 1 is 1.35 bits per heavy atom. The van der Waals surface area contributed by atoms with Crippen LogP contribution in [0.5, 0.6) is 11.6 Å². The number of carboxylic acids is 1. The third-order valence-electron chi connectivity index (χ3n) is 2.32. The number of aromatic nitrogens is 1. The standard InChI is InChI=1S/C12H7ClN2O5/c13-8-2-3-9(15(18)19)10(5-8)20-11-4-1-7(6-14-11)12(16)17/h1-6H,(H,16,17). The molecule has 1 aromatic heterocycles. The van der Waals surface area contributed by atoms with E-state index in [1.165, 1.54) is 30.3 Å². The maximum absolute atomic E-state index is 10.9. The summed E-state index contributed by atoms with van der Waals surface area (Å²) < 4.78 is 5.26. The first-order valence-electron chi connectivity index (χ1n) is 5.28. The number of benzene rings is 1. The van der Waals surface area contributed by atoms with Crippen molar-refractivity contribution in [2.24, 2.45) is 0 Å². The Morgan fingerprint density at radius 3 is 2.65 bits per heavy atom. The third-order valence-corrected chi connectivity index (χ3v) is 2.55. The minimum absolute atomic E-state index is 0.0158. The normalized spacial score (nSPS) is 10.1. The highest BCUT2D eigenvalue weighted by Gasteiger charge is 2.16. The number of nitro benzene ring substituents is 1. The van der Waals surface area contributed by atoms with E-state index in [0.29, 0.717) is 0 Å². The molecule has 1 aromatic carbocycles. The first-order valence-corrected chi connectivity index (χ1v) is 5.66. The van der Waals surface area contributed by atoms with Gasteiger partial charge in [0.1, 0.15) is 0 Å². The molecular weight excluding hydrogens is 288 g/mol. The van der Waals surface area contributed by atoms with Gasteiger partial charge in [-0.25, -0.2) is 9.78 Å². The summed E-state index contributed by atoms with van der Waals surface area (Å²) in [5, 5.41) is 19.9. The molecule has 0 saturated heterocycles. The number of nitro groups is 1. The first kappa shape index (κ1) is 13.8. The number of aromatic carboxylic acids is 1. The Morgan fingerprint density at radius 2 is 2.10 bits per heavy atom. The fraction of sp³-hybridized carbons (Fsp3) is 0. The minimum atomic E-state index is -1.13. The van der Waals surface area contributed by atoms with Crippen LogP contribution >= 0.6 is 11.6 Å². The van der Waals surface area contributed by atoms with Gasteiger partial charge in [-0.3, -0.25) is 10.1 Å². The average Bonchev–Trinajstić information content (AvgIpc) is 2.39. The van der Waals surface area contributed by atoms with E-state index < -0.39 is 10.9 Å². The fourth-order valence-electron chi connectivity index (χ4n) is 1.40. The van der Waals surface area contributed by atoms with E-state index in [0.717, 1.165) is 6.20 Å². The fourth-order valence-corrected chi connectivity index (χ4v) is 1.56. The van der Waals surface area contributed by atoms with Crippen molar-refractivity contribution in [3.05, 3.63) is 57.2 Å². The molecule has 102 valence electrons. The van der Waals surface area contributed by atoms with Crippen LogP contribution in [0.1, 0.15) is 10.4 Å².